The number of para-hydroxylation sites is 4. The summed E-state index contributed by atoms with van der Waals surface area (Å²) in [5.74, 6) is 0.598. The fourth-order valence-electron chi connectivity index (χ4n) is 3.35. The van der Waals surface area contributed by atoms with Gasteiger partial charge in [0.25, 0.3) is 10.0 Å². The molecule has 0 unspecified atom stereocenters. The number of fused-ring (bicyclic) bond motifs is 2. The van der Waals surface area contributed by atoms with Gasteiger partial charge < -0.3 is 4.98 Å². The molecule has 5 rings (SSSR count). The van der Waals surface area contributed by atoms with Gasteiger partial charge in [0, 0.05) is 17.1 Å². The second-order valence-electron chi connectivity index (χ2n) is 6.58. The number of pyridine rings is 1. The van der Waals surface area contributed by atoms with Crippen molar-refractivity contribution in [1.29, 1.82) is 0 Å². The Morgan fingerprint density at radius 1 is 0.828 bits per heavy atom. The standard InChI is InChI=1S/C22H16N4O2S/c27-29(28,20-13-5-7-15-8-6-14-23-21(15)20)26-17-10-2-1-9-16(17)22-24-18-11-3-4-12-19(18)25-22/h1-14,26H,(H,24,25). The number of nitrogens with one attached hydrogen (secondary N) is 2. The van der Waals surface area contributed by atoms with Crippen LogP contribution in [0.25, 0.3) is 33.3 Å². The zero-order valence-corrected chi connectivity index (χ0v) is 16.0. The number of hydrogen-bond donors (Lipinski definition) is 2. The Balaban J connectivity index is 1.60. The number of aromatic amines is 1. The number of benzene rings is 3. The molecular weight excluding hydrogens is 384 g/mol. The molecule has 5 aromatic rings. The van der Waals surface area contributed by atoms with Crippen LogP contribution in [0, 0.1) is 0 Å². The van der Waals surface area contributed by atoms with Crippen LogP contribution in [0.15, 0.2) is 90.0 Å². The van der Waals surface area contributed by atoms with Crippen molar-refractivity contribution in [2.75, 3.05) is 4.72 Å². The molecule has 0 saturated heterocycles. The van der Waals surface area contributed by atoms with Crippen LogP contribution < -0.4 is 4.72 Å². The van der Waals surface area contributed by atoms with Crippen molar-refractivity contribution in [1.82, 2.24) is 15.0 Å². The van der Waals surface area contributed by atoms with Crippen LogP contribution in [0.4, 0.5) is 5.69 Å². The molecule has 0 saturated carbocycles. The van der Waals surface area contributed by atoms with Crippen molar-refractivity contribution in [3.63, 3.8) is 0 Å². The number of aromatic nitrogens is 3. The summed E-state index contributed by atoms with van der Waals surface area (Å²) in [4.78, 5) is 12.2. The average molecular weight is 400 g/mol. The van der Waals surface area contributed by atoms with Crippen molar-refractivity contribution >= 4 is 37.6 Å². The van der Waals surface area contributed by atoms with Crippen molar-refractivity contribution in [2.45, 2.75) is 4.90 Å². The summed E-state index contributed by atoms with van der Waals surface area (Å²) in [6.07, 6.45) is 1.59. The van der Waals surface area contributed by atoms with E-state index in [4.69, 9.17) is 0 Å². The molecule has 0 atom stereocenters. The van der Waals surface area contributed by atoms with Gasteiger partial charge in [-0.2, -0.15) is 0 Å². The zero-order valence-electron chi connectivity index (χ0n) is 15.2. The second kappa shape index (κ2) is 6.72. The summed E-state index contributed by atoms with van der Waals surface area (Å²) in [7, 11) is -3.85. The molecule has 0 radical (unpaired) electrons. The van der Waals surface area contributed by atoms with Gasteiger partial charge in [0.2, 0.25) is 0 Å². The SMILES string of the molecule is O=S(=O)(Nc1ccccc1-c1nc2ccccc2[nH]1)c1cccc2cccnc12. The number of rotatable bonds is 4. The Labute approximate surface area is 167 Å². The summed E-state index contributed by atoms with van der Waals surface area (Å²) in [6.45, 7) is 0. The summed E-state index contributed by atoms with van der Waals surface area (Å²) in [6, 6.07) is 23.6. The van der Waals surface area contributed by atoms with Gasteiger partial charge in [-0.25, -0.2) is 13.4 Å². The van der Waals surface area contributed by atoms with E-state index in [9.17, 15) is 8.42 Å². The minimum atomic E-state index is -3.85. The topological polar surface area (TPSA) is 87.7 Å². The smallest absolute Gasteiger partial charge is 0.264 e. The maximum atomic E-state index is 13.2. The van der Waals surface area contributed by atoms with Gasteiger partial charge in [0.1, 0.15) is 10.7 Å². The molecule has 2 aromatic heterocycles. The molecule has 7 heteroatoms. The van der Waals surface area contributed by atoms with Gasteiger partial charge in [-0.05, 0) is 36.4 Å². The predicted molar refractivity (Wildman–Crippen MR) is 114 cm³/mol. The first-order chi connectivity index (χ1) is 14.1. The molecule has 0 amide bonds. The summed E-state index contributed by atoms with van der Waals surface area (Å²) >= 11 is 0. The summed E-state index contributed by atoms with van der Waals surface area (Å²) in [5, 5.41) is 0.765. The molecule has 2 heterocycles. The fourth-order valence-corrected chi connectivity index (χ4v) is 4.61. The number of H-pyrrole nitrogens is 1. The van der Waals surface area contributed by atoms with Crippen molar-refractivity contribution in [3.8, 4) is 11.4 Å². The van der Waals surface area contributed by atoms with Crippen molar-refractivity contribution in [2.24, 2.45) is 0 Å². The van der Waals surface area contributed by atoms with Crippen molar-refractivity contribution in [3.05, 3.63) is 85.1 Å². The van der Waals surface area contributed by atoms with Gasteiger partial charge in [0.15, 0.2) is 0 Å². The molecule has 0 aliphatic heterocycles. The molecule has 6 nitrogen and oxygen atoms in total. The predicted octanol–water partition coefficient (Wildman–Crippen LogP) is 4.58. The van der Waals surface area contributed by atoms with E-state index < -0.39 is 10.0 Å². The second-order valence-corrected chi connectivity index (χ2v) is 8.24. The Kier molecular flexibility index (Phi) is 4.03. The highest BCUT2D eigenvalue weighted by Crippen LogP contribution is 2.30. The van der Waals surface area contributed by atoms with E-state index in [1.807, 2.05) is 48.5 Å². The molecule has 0 spiro atoms. The van der Waals surface area contributed by atoms with Crippen molar-refractivity contribution < 1.29 is 8.42 Å². The highest BCUT2D eigenvalue weighted by atomic mass is 32.2. The van der Waals surface area contributed by atoms with Crippen LogP contribution in [-0.4, -0.2) is 23.4 Å². The van der Waals surface area contributed by atoms with E-state index >= 15 is 0 Å². The number of hydrogen-bond acceptors (Lipinski definition) is 4. The van der Waals surface area contributed by atoms with Crippen LogP contribution in [0.1, 0.15) is 0 Å². The minimum absolute atomic E-state index is 0.134. The van der Waals surface area contributed by atoms with Crippen LogP contribution in [0.2, 0.25) is 0 Å². The van der Waals surface area contributed by atoms with Crippen LogP contribution in [0.3, 0.4) is 0 Å². The van der Waals surface area contributed by atoms with Crippen LogP contribution in [0.5, 0.6) is 0 Å². The molecule has 0 aliphatic rings. The van der Waals surface area contributed by atoms with E-state index in [1.165, 1.54) is 0 Å². The largest absolute Gasteiger partial charge is 0.338 e. The molecule has 0 bridgehead atoms. The number of anilines is 1. The quantitative estimate of drug-likeness (QED) is 0.462. The third-order valence-electron chi connectivity index (χ3n) is 4.70. The number of nitrogens with zero attached hydrogens (tertiary/aromatic N) is 2. The summed E-state index contributed by atoms with van der Waals surface area (Å²) in [5.41, 5.74) is 3.25. The first-order valence-corrected chi connectivity index (χ1v) is 10.5. The average Bonchev–Trinajstić information content (AvgIpc) is 3.17. The monoisotopic (exact) mass is 400 g/mol. The zero-order chi connectivity index (χ0) is 19.8. The van der Waals surface area contributed by atoms with Gasteiger partial charge in [-0.3, -0.25) is 9.71 Å². The minimum Gasteiger partial charge on any atom is -0.338 e. The molecule has 142 valence electrons. The van der Waals surface area contributed by atoms with E-state index in [0.717, 1.165) is 16.4 Å². The lowest BCUT2D eigenvalue weighted by atomic mass is 10.2. The van der Waals surface area contributed by atoms with Gasteiger partial charge in [-0.15, -0.1) is 0 Å². The molecule has 29 heavy (non-hydrogen) atoms. The first kappa shape index (κ1) is 17.4. The third-order valence-corrected chi connectivity index (χ3v) is 6.10. The Morgan fingerprint density at radius 3 is 2.52 bits per heavy atom. The summed E-state index contributed by atoms with van der Waals surface area (Å²) < 4.78 is 29.1. The highest BCUT2D eigenvalue weighted by molar-refractivity contribution is 7.93. The van der Waals surface area contributed by atoms with Gasteiger partial charge in [-0.1, -0.05) is 42.5 Å². The Morgan fingerprint density at radius 2 is 1.62 bits per heavy atom. The Bertz CT molecular complexity index is 1420. The van der Waals surface area contributed by atoms with E-state index in [-0.39, 0.29) is 4.90 Å². The maximum absolute atomic E-state index is 13.2. The lowest BCUT2D eigenvalue weighted by Crippen LogP contribution is -2.14. The van der Waals surface area contributed by atoms with E-state index in [0.29, 0.717) is 22.6 Å². The van der Waals surface area contributed by atoms with Crippen LogP contribution in [-0.2, 0) is 10.0 Å². The maximum Gasteiger partial charge on any atom is 0.264 e. The molecule has 0 fully saturated rings. The van der Waals surface area contributed by atoms with Gasteiger partial charge in [0.05, 0.1) is 22.2 Å². The number of sulfonamides is 1. The Hall–Kier alpha value is -3.71. The molecular formula is C22H16N4O2S. The van der Waals surface area contributed by atoms with Crippen LogP contribution >= 0.6 is 0 Å². The van der Waals surface area contributed by atoms with Gasteiger partial charge >= 0.3 is 0 Å². The lowest BCUT2D eigenvalue weighted by Gasteiger charge is -2.12. The lowest BCUT2D eigenvalue weighted by molar-refractivity contribution is 0.602. The first-order valence-electron chi connectivity index (χ1n) is 9.02. The molecule has 0 aliphatic carbocycles. The highest BCUT2D eigenvalue weighted by Gasteiger charge is 2.20. The molecule has 3 aromatic carbocycles. The van der Waals surface area contributed by atoms with E-state index in [2.05, 4.69) is 19.7 Å². The van der Waals surface area contributed by atoms with E-state index in [1.54, 1.807) is 36.5 Å². The number of imidazole rings is 1. The third kappa shape index (κ3) is 3.11. The fraction of sp³-hybridized carbons (Fsp3) is 0. The normalized spacial score (nSPS) is 11.7. The molecule has 2 N–H and O–H groups in total.